The molecule has 0 aliphatic carbocycles. The Labute approximate surface area is 241 Å². The van der Waals surface area contributed by atoms with Crippen LogP contribution in [0.5, 0.6) is 5.75 Å². The summed E-state index contributed by atoms with van der Waals surface area (Å²) in [4.78, 5) is 28.5. The van der Waals surface area contributed by atoms with E-state index in [-0.39, 0.29) is 34.1 Å². The number of methoxy groups -OCH3 is 1. The summed E-state index contributed by atoms with van der Waals surface area (Å²) in [5.41, 5.74) is 1.78. The molecule has 0 heterocycles. The molecule has 0 fully saturated rings. The number of anilines is 1. The highest BCUT2D eigenvalue weighted by molar-refractivity contribution is 7.92. The highest BCUT2D eigenvalue weighted by Gasteiger charge is 2.33. The van der Waals surface area contributed by atoms with Crippen LogP contribution in [0.15, 0.2) is 77.7 Å². The molecule has 0 spiro atoms. The van der Waals surface area contributed by atoms with Gasteiger partial charge in [0.25, 0.3) is 10.0 Å². The first kappa shape index (κ1) is 31.0. The van der Waals surface area contributed by atoms with Crippen LogP contribution < -0.4 is 14.4 Å². The number of rotatable bonds is 12. The fourth-order valence-corrected chi connectivity index (χ4v) is 5.74. The molecule has 0 aromatic heterocycles. The molecule has 3 aromatic rings. The van der Waals surface area contributed by atoms with Crippen LogP contribution in [0, 0.1) is 6.92 Å². The van der Waals surface area contributed by atoms with Gasteiger partial charge in [-0.2, -0.15) is 0 Å². The molecule has 0 saturated carbocycles. The molecule has 2 amide bonds. The van der Waals surface area contributed by atoms with Gasteiger partial charge in [-0.05, 0) is 69.2 Å². The number of hydrogen-bond acceptors (Lipinski definition) is 5. The van der Waals surface area contributed by atoms with E-state index in [1.807, 2.05) is 26.8 Å². The van der Waals surface area contributed by atoms with Gasteiger partial charge in [-0.25, -0.2) is 8.42 Å². The summed E-state index contributed by atoms with van der Waals surface area (Å²) in [6, 6.07) is 19.0. The van der Waals surface area contributed by atoms with E-state index in [2.05, 4.69) is 5.32 Å². The van der Waals surface area contributed by atoms with Gasteiger partial charge in [-0.1, -0.05) is 60.5 Å². The molecule has 0 aliphatic rings. The number of sulfonamides is 1. The minimum Gasteiger partial charge on any atom is -0.497 e. The summed E-state index contributed by atoms with van der Waals surface area (Å²) in [6.07, 6.45) is 0.720. The highest BCUT2D eigenvalue weighted by Crippen LogP contribution is 2.31. The lowest BCUT2D eigenvalue weighted by Crippen LogP contribution is -2.52. The largest absolute Gasteiger partial charge is 0.497 e. The third kappa shape index (κ3) is 7.55. The second kappa shape index (κ2) is 13.7. The summed E-state index contributed by atoms with van der Waals surface area (Å²) in [7, 11) is -2.65. The number of para-hydroxylation sites is 1. The normalized spacial score (nSPS) is 12.8. The van der Waals surface area contributed by atoms with Crippen molar-refractivity contribution in [2.24, 2.45) is 0 Å². The average Bonchev–Trinajstić information content (AvgIpc) is 2.94. The molecule has 0 radical (unpaired) electrons. The van der Waals surface area contributed by atoms with Crippen molar-refractivity contribution in [1.82, 2.24) is 10.2 Å². The number of benzene rings is 3. The topological polar surface area (TPSA) is 96.0 Å². The first-order valence-corrected chi connectivity index (χ1v) is 14.9. The monoisotopic (exact) mass is 585 g/mol. The van der Waals surface area contributed by atoms with Crippen molar-refractivity contribution in [3.63, 3.8) is 0 Å². The van der Waals surface area contributed by atoms with Gasteiger partial charge in [-0.15, -0.1) is 0 Å². The third-order valence-corrected chi connectivity index (χ3v) is 8.76. The number of carbonyl (C=O) groups is 2. The van der Waals surface area contributed by atoms with Gasteiger partial charge in [0.15, 0.2) is 0 Å². The molecule has 214 valence electrons. The van der Waals surface area contributed by atoms with Gasteiger partial charge >= 0.3 is 0 Å². The Kier molecular flexibility index (Phi) is 10.6. The predicted molar refractivity (Wildman–Crippen MR) is 158 cm³/mol. The molecule has 8 nitrogen and oxygen atoms in total. The standard InChI is InChI=1S/C30H36ClN3O5S/c1-6-22(3)32-30(36)23(4)33(19-24-10-9-11-25(18-24)39-5)29(35)20-34(28-13-8-7-12-27(28)31)40(37,38)26-16-14-21(2)15-17-26/h7-18,22-23H,6,19-20H2,1-5H3,(H,32,36)/t22-,23-/m1/s1. The molecule has 3 aromatic carbocycles. The molecular formula is C30H36ClN3O5S. The van der Waals surface area contributed by atoms with Gasteiger partial charge in [0.2, 0.25) is 11.8 Å². The molecule has 3 rings (SSSR count). The molecule has 0 bridgehead atoms. The van der Waals surface area contributed by atoms with Crippen molar-refractivity contribution in [3.8, 4) is 5.75 Å². The number of amides is 2. The van der Waals surface area contributed by atoms with Crippen molar-refractivity contribution >= 4 is 39.1 Å². The number of nitrogens with one attached hydrogen (secondary N) is 1. The predicted octanol–water partition coefficient (Wildman–Crippen LogP) is 5.18. The Morgan fingerprint density at radius 1 is 1.00 bits per heavy atom. The number of hydrogen-bond donors (Lipinski definition) is 1. The van der Waals surface area contributed by atoms with E-state index in [1.165, 1.54) is 17.0 Å². The fourth-order valence-electron chi connectivity index (χ4n) is 4.02. The van der Waals surface area contributed by atoms with E-state index in [1.54, 1.807) is 68.6 Å². The number of halogens is 1. The second-order valence-electron chi connectivity index (χ2n) is 9.64. The lowest BCUT2D eigenvalue weighted by Gasteiger charge is -2.32. The lowest BCUT2D eigenvalue weighted by atomic mass is 10.1. The van der Waals surface area contributed by atoms with Crippen LogP contribution in [-0.4, -0.2) is 50.9 Å². The van der Waals surface area contributed by atoms with Crippen molar-refractivity contribution in [3.05, 3.63) is 88.9 Å². The molecule has 2 atom stereocenters. The van der Waals surface area contributed by atoms with Crippen LogP contribution in [0.25, 0.3) is 0 Å². The van der Waals surface area contributed by atoms with Crippen molar-refractivity contribution in [1.29, 1.82) is 0 Å². The molecule has 0 aliphatic heterocycles. The maximum atomic E-state index is 14.0. The van der Waals surface area contributed by atoms with E-state index in [4.69, 9.17) is 16.3 Å². The molecule has 1 N–H and O–H groups in total. The Bertz CT molecular complexity index is 1430. The maximum absolute atomic E-state index is 14.0. The fraction of sp³-hybridized carbons (Fsp3) is 0.333. The summed E-state index contributed by atoms with van der Waals surface area (Å²) < 4.78 is 34.1. The summed E-state index contributed by atoms with van der Waals surface area (Å²) in [5.74, 6) is -0.303. The van der Waals surface area contributed by atoms with Crippen molar-refractivity contribution in [2.75, 3.05) is 18.0 Å². The number of carbonyl (C=O) groups excluding carboxylic acids is 2. The van der Waals surface area contributed by atoms with Crippen LogP contribution in [0.3, 0.4) is 0 Å². The smallest absolute Gasteiger partial charge is 0.264 e. The highest BCUT2D eigenvalue weighted by atomic mass is 35.5. The van der Waals surface area contributed by atoms with E-state index in [0.717, 1.165) is 21.9 Å². The summed E-state index contributed by atoms with van der Waals surface area (Å²) in [5, 5.41) is 3.09. The Morgan fingerprint density at radius 3 is 2.30 bits per heavy atom. The van der Waals surface area contributed by atoms with Crippen LogP contribution in [0.2, 0.25) is 5.02 Å². The number of aryl methyl sites for hydroxylation is 1. The molecule has 40 heavy (non-hydrogen) atoms. The number of nitrogens with zero attached hydrogens (tertiary/aromatic N) is 2. The van der Waals surface area contributed by atoms with Crippen LogP contribution in [0.1, 0.15) is 38.3 Å². The maximum Gasteiger partial charge on any atom is 0.264 e. The minimum absolute atomic E-state index is 0.0210. The van der Waals surface area contributed by atoms with Gasteiger partial charge < -0.3 is 15.0 Å². The van der Waals surface area contributed by atoms with Gasteiger partial charge in [0.1, 0.15) is 18.3 Å². The summed E-state index contributed by atoms with van der Waals surface area (Å²) >= 11 is 6.44. The minimum atomic E-state index is -4.19. The quantitative estimate of drug-likeness (QED) is 0.316. The summed E-state index contributed by atoms with van der Waals surface area (Å²) in [6.45, 7) is 6.81. The molecule has 10 heteroatoms. The zero-order chi connectivity index (χ0) is 29.4. The Morgan fingerprint density at radius 2 is 1.68 bits per heavy atom. The lowest BCUT2D eigenvalue weighted by molar-refractivity contribution is -0.139. The van der Waals surface area contributed by atoms with Crippen LogP contribution >= 0.6 is 11.6 Å². The zero-order valence-electron chi connectivity index (χ0n) is 23.4. The first-order valence-electron chi connectivity index (χ1n) is 13.0. The molecular weight excluding hydrogens is 550 g/mol. The van der Waals surface area contributed by atoms with Crippen LogP contribution in [-0.2, 0) is 26.2 Å². The Hall–Kier alpha value is -3.56. The van der Waals surface area contributed by atoms with E-state index >= 15 is 0 Å². The number of ether oxygens (including phenoxy) is 1. The Balaban J connectivity index is 2.04. The third-order valence-electron chi connectivity index (χ3n) is 6.66. The van der Waals surface area contributed by atoms with Gasteiger partial charge in [0, 0.05) is 12.6 Å². The SMILES string of the molecule is CC[C@@H](C)NC(=O)[C@@H](C)N(Cc1cccc(OC)c1)C(=O)CN(c1ccccc1Cl)S(=O)(=O)c1ccc(C)cc1. The van der Waals surface area contributed by atoms with Crippen LogP contribution in [0.4, 0.5) is 5.69 Å². The van der Waals surface area contributed by atoms with Gasteiger partial charge in [-0.3, -0.25) is 13.9 Å². The van der Waals surface area contributed by atoms with Crippen molar-refractivity contribution < 1.29 is 22.7 Å². The van der Waals surface area contributed by atoms with Crippen molar-refractivity contribution in [2.45, 2.75) is 57.6 Å². The average molecular weight is 586 g/mol. The molecule has 0 unspecified atom stereocenters. The van der Waals surface area contributed by atoms with E-state index in [9.17, 15) is 18.0 Å². The second-order valence-corrected chi connectivity index (χ2v) is 11.9. The van der Waals surface area contributed by atoms with E-state index in [0.29, 0.717) is 5.75 Å². The molecule has 0 saturated heterocycles. The zero-order valence-corrected chi connectivity index (χ0v) is 25.0. The van der Waals surface area contributed by atoms with E-state index < -0.39 is 28.5 Å². The van der Waals surface area contributed by atoms with Gasteiger partial charge in [0.05, 0.1) is 22.7 Å². The first-order chi connectivity index (χ1) is 19.0.